The van der Waals surface area contributed by atoms with Crippen molar-refractivity contribution in [1.29, 1.82) is 0 Å². The summed E-state index contributed by atoms with van der Waals surface area (Å²) in [5.41, 5.74) is 1.09. The minimum absolute atomic E-state index is 0.217. The summed E-state index contributed by atoms with van der Waals surface area (Å²) in [5, 5.41) is 13.6. The van der Waals surface area contributed by atoms with Crippen molar-refractivity contribution >= 4 is 0 Å². The van der Waals surface area contributed by atoms with E-state index in [1.165, 1.54) is 12.8 Å². The van der Waals surface area contributed by atoms with E-state index in [0.29, 0.717) is 6.04 Å². The molecule has 4 nitrogen and oxygen atoms in total. The number of aliphatic hydroxyl groups is 1. The Balaban J connectivity index is 2.52. The van der Waals surface area contributed by atoms with Crippen molar-refractivity contribution in [3.8, 4) is 0 Å². The third kappa shape index (κ3) is 4.88. The van der Waals surface area contributed by atoms with Gasteiger partial charge in [-0.25, -0.2) is 0 Å². The fraction of sp³-hybridized carbons (Fsp3) is 0.769. The van der Waals surface area contributed by atoms with Crippen molar-refractivity contribution in [2.24, 2.45) is 0 Å². The van der Waals surface area contributed by atoms with Gasteiger partial charge in [-0.15, -0.1) is 0 Å². The second-order valence-electron chi connectivity index (χ2n) is 4.73. The van der Waals surface area contributed by atoms with Crippen LogP contribution in [0.3, 0.4) is 0 Å². The Labute approximate surface area is 104 Å². The molecule has 0 aliphatic rings. The molecule has 0 amide bonds. The zero-order valence-electron chi connectivity index (χ0n) is 11.3. The lowest BCUT2D eigenvalue weighted by Gasteiger charge is -2.19. The van der Waals surface area contributed by atoms with Crippen LogP contribution in [0.4, 0.5) is 0 Å². The minimum Gasteiger partial charge on any atom is -0.395 e. The molecule has 1 heterocycles. The van der Waals surface area contributed by atoms with E-state index >= 15 is 0 Å². The molecular weight excluding hydrogens is 214 g/mol. The van der Waals surface area contributed by atoms with Crippen LogP contribution >= 0.6 is 0 Å². The van der Waals surface area contributed by atoms with E-state index in [-0.39, 0.29) is 6.61 Å². The predicted molar refractivity (Wildman–Crippen MR) is 69.9 cm³/mol. The Kier molecular flexibility index (Phi) is 6.22. The summed E-state index contributed by atoms with van der Waals surface area (Å²) in [7, 11) is 0. The molecule has 1 rings (SSSR count). The highest BCUT2D eigenvalue weighted by Crippen LogP contribution is 2.07. The maximum atomic E-state index is 9.04. The molecule has 0 aliphatic heterocycles. The van der Waals surface area contributed by atoms with Gasteiger partial charge in [-0.3, -0.25) is 9.58 Å². The van der Waals surface area contributed by atoms with E-state index in [0.717, 1.165) is 25.3 Å². The van der Waals surface area contributed by atoms with Gasteiger partial charge in [-0.05, 0) is 32.9 Å². The monoisotopic (exact) mass is 239 g/mol. The number of rotatable bonds is 8. The molecule has 0 spiro atoms. The topological polar surface area (TPSA) is 41.3 Å². The summed E-state index contributed by atoms with van der Waals surface area (Å²) in [6.45, 7) is 9.25. The van der Waals surface area contributed by atoms with Crippen LogP contribution in [0.2, 0.25) is 0 Å². The largest absolute Gasteiger partial charge is 0.395 e. The number of nitrogens with zero attached hydrogens (tertiary/aromatic N) is 3. The van der Waals surface area contributed by atoms with Crippen LogP contribution in [0.5, 0.6) is 0 Å². The summed E-state index contributed by atoms with van der Waals surface area (Å²) in [5.74, 6) is 0. The van der Waals surface area contributed by atoms with Gasteiger partial charge in [-0.1, -0.05) is 13.3 Å². The summed E-state index contributed by atoms with van der Waals surface area (Å²) < 4.78 is 1.98. The van der Waals surface area contributed by atoms with Crippen LogP contribution in [0.1, 0.15) is 45.3 Å². The molecule has 0 radical (unpaired) electrons. The third-order valence-corrected chi connectivity index (χ3v) is 2.82. The van der Waals surface area contributed by atoms with E-state index in [1.807, 2.05) is 10.9 Å². The molecule has 0 atom stereocenters. The van der Waals surface area contributed by atoms with E-state index in [4.69, 9.17) is 5.11 Å². The van der Waals surface area contributed by atoms with Crippen LogP contribution < -0.4 is 0 Å². The Morgan fingerprint density at radius 2 is 2.18 bits per heavy atom. The lowest BCUT2D eigenvalue weighted by molar-refractivity contribution is 0.186. The molecule has 0 unspecified atom stereocenters. The molecule has 0 saturated heterocycles. The van der Waals surface area contributed by atoms with Gasteiger partial charge in [0.05, 0.1) is 12.3 Å². The van der Waals surface area contributed by atoms with Crippen LogP contribution in [0, 0.1) is 0 Å². The number of aromatic nitrogens is 2. The first kappa shape index (κ1) is 14.2. The van der Waals surface area contributed by atoms with E-state index in [2.05, 4.69) is 36.8 Å². The highest BCUT2D eigenvalue weighted by Gasteiger charge is 2.08. The van der Waals surface area contributed by atoms with Gasteiger partial charge in [0.2, 0.25) is 0 Å². The molecule has 0 bridgehead atoms. The quantitative estimate of drug-likeness (QED) is 0.755. The van der Waals surface area contributed by atoms with E-state index in [9.17, 15) is 0 Å². The van der Waals surface area contributed by atoms with E-state index < -0.39 is 0 Å². The first-order chi connectivity index (χ1) is 8.17. The Hall–Kier alpha value is -0.870. The zero-order chi connectivity index (χ0) is 12.7. The molecule has 4 heteroatoms. The number of hydrogen-bond donors (Lipinski definition) is 1. The molecular formula is C13H25N3O. The molecule has 0 aliphatic carbocycles. The van der Waals surface area contributed by atoms with Crippen LogP contribution in [-0.4, -0.2) is 39.5 Å². The van der Waals surface area contributed by atoms with Gasteiger partial charge in [-0.2, -0.15) is 5.10 Å². The predicted octanol–water partition coefficient (Wildman–Crippen LogP) is 2.06. The van der Waals surface area contributed by atoms with Crippen molar-refractivity contribution in [3.05, 3.63) is 18.0 Å². The van der Waals surface area contributed by atoms with Crippen LogP contribution in [0.25, 0.3) is 0 Å². The first-order valence-corrected chi connectivity index (χ1v) is 6.54. The molecule has 98 valence electrons. The lowest BCUT2D eigenvalue weighted by Crippen LogP contribution is -2.27. The molecule has 17 heavy (non-hydrogen) atoms. The van der Waals surface area contributed by atoms with Crippen LogP contribution in [0.15, 0.2) is 12.3 Å². The Morgan fingerprint density at radius 1 is 1.41 bits per heavy atom. The molecule has 0 saturated carbocycles. The van der Waals surface area contributed by atoms with Crippen molar-refractivity contribution in [2.75, 3.05) is 19.7 Å². The molecule has 1 aromatic heterocycles. The lowest BCUT2D eigenvalue weighted by atomic mass is 10.3. The SMILES string of the molecule is CCCCN(CCO)Cc1ccn(C(C)C)n1. The third-order valence-electron chi connectivity index (χ3n) is 2.82. The highest BCUT2D eigenvalue weighted by atomic mass is 16.3. The zero-order valence-corrected chi connectivity index (χ0v) is 11.3. The molecule has 0 aromatic carbocycles. The minimum atomic E-state index is 0.217. The Morgan fingerprint density at radius 3 is 2.71 bits per heavy atom. The fourth-order valence-corrected chi connectivity index (χ4v) is 1.77. The molecule has 1 aromatic rings. The second kappa shape index (κ2) is 7.45. The summed E-state index contributed by atoms with van der Waals surface area (Å²) >= 11 is 0. The first-order valence-electron chi connectivity index (χ1n) is 6.54. The van der Waals surface area contributed by atoms with Crippen molar-refractivity contribution < 1.29 is 5.11 Å². The summed E-state index contributed by atoms with van der Waals surface area (Å²) in [6.07, 6.45) is 4.38. The van der Waals surface area contributed by atoms with Crippen molar-refractivity contribution in [3.63, 3.8) is 0 Å². The number of aliphatic hydroxyl groups excluding tert-OH is 1. The Bertz CT molecular complexity index is 309. The van der Waals surface area contributed by atoms with Crippen molar-refractivity contribution in [1.82, 2.24) is 14.7 Å². The van der Waals surface area contributed by atoms with E-state index in [1.54, 1.807) is 0 Å². The van der Waals surface area contributed by atoms with Crippen molar-refractivity contribution in [2.45, 2.75) is 46.2 Å². The maximum absolute atomic E-state index is 9.04. The normalized spacial score (nSPS) is 11.6. The fourth-order valence-electron chi connectivity index (χ4n) is 1.77. The summed E-state index contributed by atoms with van der Waals surface area (Å²) in [4.78, 5) is 2.26. The average molecular weight is 239 g/mol. The van der Waals surface area contributed by atoms with Gasteiger partial charge in [0.1, 0.15) is 0 Å². The standard InChI is InChI=1S/C13H25N3O/c1-4-5-7-15(9-10-17)11-13-6-8-16(14-13)12(2)3/h6,8,12,17H,4-5,7,9-11H2,1-3H3. The smallest absolute Gasteiger partial charge is 0.0764 e. The van der Waals surface area contributed by atoms with Gasteiger partial charge in [0, 0.05) is 25.3 Å². The number of hydrogen-bond acceptors (Lipinski definition) is 3. The molecule has 0 fully saturated rings. The second-order valence-corrected chi connectivity index (χ2v) is 4.73. The van der Waals surface area contributed by atoms with Gasteiger partial charge in [0.25, 0.3) is 0 Å². The highest BCUT2D eigenvalue weighted by molar-refractivity contribution is 4.99. The maximum Gasteiger partial charge on any atom is 0.0764 e. The average Bonchev–Trinajstić information content (AvgIpc) is 2.75. The van der Waals surface area contributed by atoms with Crippen LogP contribution in [-0.2, 0) is 6.54 Å². The molecule has 1 N–H and O–H groups in total. The summed E-state index contributed by atoms with van der Waals surface area (Å²) in [6, 6.07) is 2.47. The van der Waals surface area contributed by atoms with Gasteiger partial charge in [0.15, 0.2) is 0 Å². The van der Waals surface area contributed by atoms with Gasteiger partial charge >= 0.3 is 0 Å². The van der Waals surface area contributed by atoms with Gasteiger partial charge < -0.3 is 5.11 Å². The number of unbranched alkanes of at least 4 members (excludes halogenated alkanes) is 1.